The Bertz CT molecular complexity index is 3130. The largest absolute Gasteiger partial charge is 0.456 e. The van der Waals surface area contributed by atoms with Gasteiger partial charge in [0.15, 0.2) is 5.82 Å². The van der Waals surface area contributed by atoms with Crippen LogP contribution >= 0.6 is 0 Å². The quantitative estimate of drug-likeness (QED) is 0.190. The summed E-state index contributed by atoms with van der Waals surface area (Å²) in [5.74, 6) is 1.47. The second-order valence-corrected chi connectivity index (χ2v) is 13.0. The lowest BCUT2D eigenvalue weighted by atomic mass is 10.1. The molecule has 51 heavy (non-hydrogen) atoms. The van der Waals surface area contributed by atoms with Gasteiger partial charge >= 0.3 is 0 Å². The van der Waals surface area contributed by atoms with Gasteiger partial charge in [0.2, 0.25) is 0 Å². The first kappa shape index (κ1) is 27.9. The molecule has 5 nitrogen and oxygen atoms in total. The van der Waals surface area contributed by atoms with E-state index in [2.05, 4.69) is 143 Å². The molecule has 0 aliphatic carbocycles. The molecule has 0 atom stereocenters. The van der Waals surface area contributed by atoms with Crippen LogP contribution in [0.5, 0.6) is 0 Å². The summed E-state index contributed by atoms with van der Waals surface area (Å²) in [5, 5.41) is 6.94. The zero-order chi connectivity index (χ0) is 33.5. The Kier molecular flexibility index (Phi) is 5.89. The maximum atomic E-state index is 6.31. The van der Waals surface area contributed by atoms with Crippen molar-refractivity contribution in [2.24, 2.45) is 0 Å². The van der Waals surface area contributed by atoms with E-state index in [0.717, 1.165) is 61.3 Å². The number of rotatable bonds is 4. The number of aromatic nitrogens is 4. The summed E-state index contributed by atoms with van der Waals surface area (Å²) in [7, 11) is 0. The van der Waals surface area contributed by atoms with E-state index in [1.165, 1.54) is 32.6 Å². The van der Waals surface area contributed by atoms with Crippen LogP contribution in [-0.4, -0.2) is 19.1 Å². The zero-order valence-corrected chi connectivity index (χ0v) is 27.4. The molecule has 238 valence electrons. The molecule has 0 saturated carbocycles. The summed E-state index contributed by atoms with van der Waals surface area (Å²) in [4.78, 5) is 10.5. The van der Waals surface area contributed by atoms with Crippen LogP contribution in [0.25, 0.3) is 99.7 Å². The van der Waals surface area contributed by atoms with E-state index in [0.29, 0.717) is 5.82 Å². The maximum Gasteiger partial charge on any atom is 0.162 e. The summed E-state index contributed by atoms with van der Waals surface area (Å²) in [6, 6.07) is 59.5. The van der Waals surface area contributed by atoms with Crippen LogP contribution in [0.1, 0.15) is 0 Å². The molecule has 5 heteroatoms. The molecule has 0 N–H and O–H groups in total. The number of benzene rings is 7. The van der Waals surface area contributed by atoms with Gasteiger partial charge in [-0.1, -0.05) is 109 Å². The molecule has 0 amide bonds. The Labute approximate surface area is 292 Å². The number of furan rings is 1. The second-order valence-electron chi connectivity index (χ2n) is 13.0. The van der Waals surface area contributed by atoms with E-state index < -0.39 is 0 Å². The standard InChI is InChI=1S/C46H28N4O/c1-3-13-29(14-4-1)46-47-38(30-23-24-35-34-19-9-12-22-43(34)51-44(35)25-30)28-45(48-46)50-40-21-11-8-18-33(40)37-26-41-36(27-42(37)50)32-17-7-10-20-39(32)49(41)31-15-5-2-6-16-31/h1-28H. The molecule has 4 aromatic heterocycles. The summed E-state index contributed by atoms with van der Waals surface area (Å²) in [6.07, 6.45) is 0. The maximum absolute atomic E-state index is 6.31. The molecule has 0 fully saturated rings. The predicted molar refractivity (Wildman–Crippen MR) is 209 cm³/mol. The van der Waals surface area contributed by atoms with Gasteiger partial charge in [-0.15, -0.1) is 0 Å². The van der Waals surface area contributed by atoms with Crippen molar-refractivity contribution in [1.29, 1.82) is 0 Å². The third kappa shape index (κ3) is 4.22. The van der Waals surface area contributed by atoms with Gasteiger partial charge < -0.3 is 8.98 Å². The molecule has 0 radical (unpaired) electrons. The first-order valence-corrected chi connectivity index (χ1v) is 17.2. The molecule has 0 saturated heterocycles. The van der Waals surface area contributed by atoms with Gasteiger partial charge in [0.1, 0.15) is 17.0 Å². The molecule has 7 aromatic carbocycles. The van der Waals surface area contributed by atoms with Gasteiger partial charge in [-0.2, -0.15) is 0 Å². The van der Waals surface area contributed by atoms with Crippen molar-refractivity contribution in [3.05, 3.63) is 170 Å². The van der Waals surface area contributed by atoms with E-state index in [-0.39, 0.29) is 0 Å². The smallest absolute Gasteiger partial charge is 0.162 e. The molecule has 0 unspecified atom stereocenters. The van der Waals surface area contributed by atoms with Crippen molar-refractivity contribution in [2.45, 2.75) is 0 Å². The van der Waals surface area contributed by atoms with Crippen LogP contribution in [0.4, 0.5) is 0 Å². The molecule has 0 aliphatic heterocycles. The van der Waals surface area contributed by atoms with Gasteiger partial charge in [-0.25, -0.2) is 9.97 Å². The lowest BCUT2D eigenvalue weighted by Gasteiger charge is -2.12. The Morgan fingerprint density at radius 2 is 0.961 bits per heavy atom. The number of hydrogen-bond acceptors (Lipinski definition) is 3. The molecule has 0 spiro atoms. The van der Waals surface area contributed by atoms with Crippen molar-refractivity contribution < 1.29 is 4.42 Å². The van der Waals surface area contributed by atoms with Crippen LogP contribution < -0.4 is 0 Å². The van der Waals surface area contributed by atoms with Gasteiger partial charge in [0.25, 0.3) is 0 Å². The molecule has 4 heterocycles. The van der Waals surface area contributed by atoms with Crippen molar-refractivity contribution in [1.82, 2.24) is 19.1 Å². The monoisotopic (exact) mass is 652 g/mol. The van der Waals surface area contributed by atoms with E-state index in [4.69, 9.17) is 14.4 Å². The third-order valence-electron chi connectivity index (χ3n) is 10.1. The average molecular weight is 653 g/mol. The fourth-order valence-corrected chi connectivity index (χ4v) is 7.83. The Morgan fingerprint density at radius 3 is 1.71 bits per heavy atom. The molecular formula is C46H28N4O. The lowest BCUT2D eigenvalue weighted by Crippen LogP contribution is -2.02. The molecule has 11 aromatic rings. The van der Waals surface area contributed by atoms with Crippen LogP contribution in [0.15, 0.2) is 174 Å². The highest BCUT2D eigenvalue weighted by molar-refractivity contribution is 6.19. The number of nitrogens with zero attached hydrogens (tertiary/aromatic N) is 4. The summed E-state index contributed by atoms with van der Waals surface area (Å²) < 4.78 is 11.0. The van der Waals surface area contributed by atoms with Crippen LogP contribution in [0.3, 0.4) is 0 Å². The number of hydrogen-bond donors (Lipinski definition) is 0. The van der Waals surface area contributed by atoms with E-state index in [1.807, 2.05) is 36.4 Å². The van der Waals surface area contributed by atoms with E-state index >= 15 is 0 Å². The predicted octanol–water partition coefficient (Wildman–Crippen LogP) is 11.9. The van der Waals surface area contributed by atoms with Crippen LogP contribution in [0.2, 0.25) is 0 Å². The second kappa shape index (κ2) is 10.8. The summed E-state index contributed by atoms with van der Waals surface area (Å²) in [5.41, 5.74) is 10.1. The van der Waals surface area contributed by atoms with Gasteiger partial charge in [0, 0.05) is 55.2 Å². The highest BCUT2D eigenvalue weighted by Crippen LogP contribution is 2.40. The van der Waals surface area contributed by atoms with E-state index in [1.54, 1.807) is 0 Å². The van der Waals surface area contributed by atoms with Gasteiger partial charge in [0.05, 0.1) is 27.8 Å². The van der Waals surface area contributed by atoms with Crippen LogP contribution in [0, 0.1) is 0 Å². The minimum atomic E-state index is 0.667. The molecule has 0 aliphatic rings. The van der Waals surface area contributed by atoms with Crippen molar-refractivity contribution in [3.8, 4) is 34.2 Å². The fourth-order valence-electron chi connectivity index (χ4n) is 7.83. The first-order valence-electron chi connectivity index (χ1n) is 17.2. The highest BCUT2D eigenvalue weighted by Gasteiger charge is 2.20. The Balaban J connectivity index is 1.21. The van der Waals surface area contributed by atoms with Crippen molar-refractivity contribution >= 4 is 65.6 Å². The van der Waals surface area contributed by atoms with Crippen LogP contribution in [-0.2, 0) is 0 Å². The van der Waals surface area contributed by atoms with Crippen molar-refractivity contribution in [3.63, 3.8) is 0 Å². The molecular weight excluding hydrogens is 625 g/mol. The number of para-hydroxylation sites is 4. The topological polar surface area (TPSA) is 48.8 Å². The van der Waals surface area contributed by atoms with Crippen molar-refractivity contribution in [2.75, 3.05) is 0 Å². The summed E-state index contributed by atoms with van der Waals surface area (Å²) in [6.45, 7) is 0. The Hall–Kier alpha value is -6.98. The average Bonchev–Trinajstić information content (AvgIpc) is 3.84. The first-order chi connectivity index (χ1) is 25.3. The van der Waals surface area contributed by atoms with Gasteiger partial charge in [-0.05, 0) is 54.6 Å². The minimum Gasteiger partial charge on any atom is -0.456 e. The summed E-state index contributed by atoms with van der Waals surface area (Å²) >= 11 is 0. The SMILES string of the molecule is c1ccc(-c2nc(-c3ccc4c(c3)oc3ccccc34)cc(-n3c4ccccc4c4cc5c(cc43)c3ccccc3n5-c3ccccc3)n2)cc1. The minimum absolute atomic E-state index is 0.667. The van der Waals surface area contributed by atoms with E-state index in [9.17, 15) is 0 Å². The molecule has 11 rings (SSSR count). The zero-order valence-electron chi connectivity index (χ0n) is 27.4. The Morgan fingerprint density at radius 1 is 0.373 bits per heavy atom. The third-order valence-corrected chi connectivity index (χ3v) is 10.1. The normalized spacial score (nSPS) is 11.9. The van der Waals surface area contributed by atoms with Gasteiger partial charge in [-0.3, -0.25) is 4.57 Å². The molecule has 0 bridgehead atoms. The lowest BCUT2D eigenvalue weighted by molar-refractivity contribution is 0.669. The number of fused-ring (bicyclic) bond motifs is 9. The highest BCUT2D eigenvalue weighted by atomic mass is 16.3. The fraction of sp³-hybridized carbons (Fsp3) is 0.